The third-order valence-corrected chi connectivity index (χ3v) is 4.81. The minimum Gasteiger partial charge on any atom is -0.494 e. The summed E-state index contributed by atoms with van der Waals surface area (Å²) in [7, 11) is 0. The van der Waals surface area contributed by atoms with E-state index in [-0.39, 0.29) is 18.2 Å². The summed E-state index contributed by atoms with van der Waals surface area (Å²) in [4.78, 5) is 25.7. The molecule has 0 radical (unpaired) electrons. The van der Waals surface area contributed by atoms with E-state index >= 15 is 0 Å². The Labute approximate surface area is 161 Å². The molecule has 7 heteroatoms. The fourth-order valence-corrected chi connectivity index (χ4v) is 3.23. The Bertz CT molecular complexity index is 591. The molecule has 7 nitrogen and oxygen atoms in total. The molecule has 1 saturated heterocycles. The minimum atomic E-state index is -0.499. The third kappa shape index (κ3) is 7.19. The predicted molar refractivity (Wildman–Crippen MR) is 105 cm³/mol. The topological polar surface area (TPSA) is 96.7 Å². The van der Waals surface area contributed by atoms with Crippen molar-refractivity contribution in [2.75, 3.05) is 19.7 Å². The molecule has 1 aromatic carbocycles. The first kappa shape index (κ1) is 21.2. The van der Waals surface area contributed by atoms with Gasteiger partial charge in [-0.05, 0) is 24.1 Å². The van der Waals surface area contributed by atoms with Crippen LogP contribution in [0.15, 0.2) is 24.3 Å². The number of carbonyl (C=O) groups excluding carboxylic acids is 2. The number of ether oxygens (including phenoxy) is 1. The summed E-state index contributed by atoms with van der Waals surface area (Å²) in [5.41, 5.74) is 3.18. The fraction of sp³-hybridized carbons (Fsp3) is 0.600. The van der Waals surface area contributed by atoms with Crippen LogP contribution in [-0.4, -0.2) is 42.5 Å². The standard InChI is InChI=1S/C20H32N4O3/c1-2-3-4-5-6-13-27-17-9-7-16(8-10-17)15-24-12-11-22-20(26)18(24)14-19(25)23-21/h7-10,18H,2-6,11-15,21H2,1H3,(H,22,26)(H,23,25). The van der Waals surface area contributed by atoms with Crippen LogP contribution in [-0.2, 0) is 16.1 Å². The molecule has 0 aromatic heterocycles. The number of amides is 2. The van der Waals surface area contributed by atoms with Gasteiger partial charge in [-0.1, -0.05) is 44.7 Å². The van der Waals surface area contributed by atoms with Crippen LogP contribution in [0.25, 0.3) is 0 Å². The van der Waals surface area contributed by atoms with Crippen molar-refractivity contribution < 1.29 is 14.3 Å². The Kier molecular flexibility index (Phi) is 9.07. The van der Waals surface area contributed by atoms with E-state index in [0.717, 1.165) is 24.3 Å². The Hall–Kier alpha value is -2.12. The number of unbranched alkanes of at least 4 members (excludes halogenated alkanes) is 4. The quantitative estimate of drug-likeness (QED) is 0.236. The molecule has 0 aliphatic carbocycles. The van der Waals surface area contributed by atoms with Gasteiger partial charge in [-0.15, -0.1) is 0 Å². The monoisotopic (exact) mass is 376 g/mol. The highest BCUT2D eigenvalue weighted by Gasteiger charge is 2.31. The molecule has 1 aliphatic heterocycles. The number of hydrogen-bond donors (Lipinski definition) is 3. The molecule has 27 heavy (non-hydrogen) atoms. The molecule has 1 unspecified atom stereocenters. The van der Waals surface area contributed by atoms with Crippen molar-refractivity contribution in [3.8, 4) is 5.75 Å². The van der Waals surface area contributed by atoms with Gasteiger partial charge in [0.05, 0.1) is 19.1 Å². The maximum atomic E-state index is 12.1. The SMILES string of the molecule is CCCCCCCOc1ccc(CN2CCNC(=O)C2CC(=O)NN)cc1. The highest BCUT2D eigenvalue weighted by atomic mass is 16.5. The van der Waals surface area contributed by atoms with Crippen molar-refractivity contribution in [3.05, 3.63) is 29.8 Å². The normalized spacial score (nSPS) is 17.4. The maximum absolute atomic E-state index is 12.1. The maximum Gasteiger partial charge on any atom is 0.237 e. The molecule has 2 rings (SSSR count). The van der Waals surface area contributed by atoms with Gasteiger partial charge in [0.25, 0.3) is 0 Å². The van der Waals surface area contributed by atoms with E-state index in [0.29, 0.717) is 19.6 Å². The molecule has 1 atom stereocenters. The van der Waals surface area contributed by atoms with Gasteiger partial charge in [-0.3, -0.25) is 19.9 Å². The van der Waals surface area contributed by atoms with Crippen LogP contribution in [0.2, 0.25) is 0 Å². The van der Waals surface area contributed by atoms with Crippen molar-refractivity contribution in [2.45, 2.75) is 58.0 Å². The van der Waals surface area contributed by atoms with Crippen LogP contribution < -0.4 is 21.3 Å². The van der Waals surface area contributed by atoms with E-state index in [1.807, 2.05) is 29.2 Å². The lowest BCUT2D eigenvalue weighted by Crippen LogP contribution is -2.56. The molecule has 150 valence electrons. The van der Waals surface area contributed by atoms with Gasteiger partial charge < -0.3 is 10.1 Å². The van der Waals surface area contributed by atoms with Gasteiger partial charge in [-0.25, -0.2) is 5.84 Å². The second-order valence-electron chi connectivity index (χ2n) is 6.96. The molecular formula is C20H32N4O3. The summed E-state index contributed by atoms with van der Waals surface area (Å²) >= 11 is 0. The molecule has 1 aliphatic rings. The minimum absolute atomic E-state index is 0.0571. The summed E-state index contributed by atoms with van der Waals surface area (Å²) in [6, 6.07) is 7.46. The number of carbonyl (C=O) groups is 2. The molecule has 2 amide bonds. The van der Waals surface area contributed by atoms with Crippen LogP contribution in [0, 0.1) is 0 Å². The van der Waals surface area contributed by atoms with E-state index in [9.17, 15) is 9.59 Å². The Morgan fingerprint density at radius 2 is 2.00 bits per heavy atom. The molecule has 0 spiro atoms. The first-order valence-electron chi connectivity index (χ1n) is 9.87. The number of hydrogen-bond acceptors (Lipinski definition) is 5. The van der Waals surface area contributed by atoms with Crippen molar-refractivity contribution in [1.29, 1.82) is 0 Å². The lowest BCUT2D eigenvalue weighted by atomic mass is 10.1. The molecular weight excluding hydrogens is 344 g/mol. The average molecular weight is 377 g/mol. The van der Waals surface area contributed by atoms with Crippen molar-refractivity contribution >= 4 is 11.8 Å². The molecule has 0 bridgehead atoms. The lowest BCUT2D eigenvalue weighted by Gasteiger charge is -2.34. The van der Waals surface area contributed by atoms with Crippen molar-refractivity contribution in [3.63, 3.8) is 0 Å². The summed E-state index contributed by atoms with van der Waals surface area (Å²) in [6.45, 7) is 4.84. The van der Waals surface area contributed by atoms with E-state index in [1.54, 1.807) is 0 Å². The molecule has 0 saturated carbocycles. The number of hydrazine groups is 1. The number of benzene rings is 1. The van der Waals surface area contributed by atoms with Crippen LogP contribution >= 0.6 is 0 Å². The van der Waals surface area contributed by atoms with Crippen LogP contribution in [0.1, 0.15) is 51.0 Å². The zero-order chi connectivity index (χ0) is 19.5. The Balaban J connectivity index is 1.83. The lowest BCUT2D eigenvalue weighted by molar-refractivity contribution is -0.134. The summed E-state index contributed by atoms with van der Waals surface area (Å²) < 4.78 is 5.79. The number of rotatable bonds is 11. The fourth-order valence-electron chi connectivity index (χ4n) is 3.23. The summed E-state index contributed by atoms with van der Waals surface area (Å²) in [5.74, 6) is 5.55. The van der Waals surface area contributed by atoms with Crippen molar-refractivity contribution in [1.82, 2.24) is 15.6 Å². The molecule has 1 heterocycles. The largest absolute Gasteiger partial charge is 0.494 e. The highest BCUT2D eigenvalue weighted by molar-refractivity contribution is 5.88. The third-order valence-electron chi connectivity index (χ3n) is 4.81. The first-order chi connectivity index (χ1) is 13.1. The van der Waals surface area contributed by atoms with Crippen LogP contribution in [0.4, 0.5) is 0 Å². The van der Waals surface area contributed by atoms with Gasteiger partial charge >= 0.3 is 0 Å². The van der Waals surface area contributed by atoms with Crippen molar-refractivity contribution in [2.24, 2.45) is 5.84 Å². The number of nitrogens with zero attached hydrogens (tertiary/aromatic N) is 1. The molecule has 1 fully saturated rings. The summed E-state index contributed by atoms with van der Waals surface area (Å²) in [5, 5.41) is 2.81. The van der Waals surface area contributed by atoms with E-state index in [2.05, 4.69) is 17.7 Å². The molecule has 1 aromatic rings. The number of nitrogens with one attached hydrogen (secondary N) is 2. The predicted octanol–water partition coefficient (Wildman–Crippen LogP) is 1.72. The van der Waals surface area contributed by atoms with E-state index in [1.165, 1.54) is 25.7 Å². The van der Waals surface area contributed by atoms with E-state index < -0.39 is 6.04 Å². The first-order valence-corrected chi connectivity index (χ1v) is 9.87. The zero-order valence-electron chi connectivity index (χ0n) is 16.2. The van der Waals surface area contributed by atoms with Gasteiger partial charge in [0.2, 0.25) is 11.8 Å². The zero-order valence-corrected chi connectivity index (χ0v) is 16.2. The van der Waals surface area contributed by atoms with Gasteiger partial charge in [0, 0.05) is 19.6 Å². The second-order valence-corrected chi connectivity index (χ2v) is 6.96. The van der Waals surface area contributed by atoms with Gasteiger partial charge in [0.15, 0.2) is 0 Å². The average Bonchev–Trinajstić information content (AvgIpc) is 2.68. The Morgan fingerprint density at radius 1 is 1.26 bits per heavy atom. The molecule has 4 N–H and O–H groups in total. The number of piperazine rings is 1. The highest BCUT2D eigenvalue weighted by Crippen LogP contribution is 2.17. The number of nitrogens with two attached hydrogens (primary N) is 1. The smallest absolute Gasteiger partial charge is 0.237 e. The van der Waals surface area contributed by atoms with Gasteiger partial charge in [0.1, 0.15) is 5.75 Å². The Morgan fingerprint density at radius 3 is 2.70 bits per heavy atom. The van der Waals surface area contributed by atoms with Crippen LogP contribution in [0.3, 0.4) is 0 Å². The second kappa shape index (κ2) is 11.6. The van der Waals surface area contributed by atoms with E-state index in [4.69, 9.17) is 10.6 Å². The summed E-state index contributed by atoms with van der Waals surface area (Å²) in [6.07, 6.45) is 6.15. The van der Waals surface area contributed by atoms with Crippen LogP contribution in [0.5, 0.6) is 5.75 Å². The van der Waals surface area contributed by atoms with Gasteiger partial charge in [-0.2, -0.15) is 0 Å².